The van der Waals surface area contributed by atoms with Gasteiger partial charge in [0.1, 0.15) is 0 Å². The number of rotatable bonds is 0. The van der Waals surface area contributed by atoms with E-state index in [9.17, 15) is 9.59 Å². The van der Waals surface area contributed by atoms with Gasteiger partial charge in [0.25, 0.3) is 0 Å². The average Bonchev–Trinajstić information content (AvgIpc) is 2.47. The van der Waals surface area contributed by atoms with Crippen molar-refractivity contribution in [1.82, 2.24) is 0 Å². The van der Waals surface area contributed by atoms with Crippen LogP contribution in [0.15, 0.2) is 0 Å². The first-order valence-electron chi connectivity index (χ1n) is 7.88. The van der Waals surface area contributed by atoms with Crippen molar-refractivity contribution in [3.63, 3.8) is 0 Å². The van der Waals surface area contributed by atoms with Gasteiger partial charge in [-0.2, -0.15) is 0 Å². The largest absolute Gasteiger partial charge is 0.508 e. The molecule has 0 saturated carbocycles. The van der Waals surface area contributed by atoms with Crippen LogP contribution in [0.4, 0.5) is 9.59 Å². The van der Waals surface area contributed by atoms with Gasteiger partial charge in [-0.05, 0) is 32.1 Å². The molecular weight excluding hydrogens is 276 g/mol. The number of ether oxygens (including phenoxy) is 4. The Labute approximate surface area is 126 Å². The number of carbonyl (C=O) groups excluding carboxylic acids is 2. The van der Waals surface area contributed by atoms with E-state index in [1.165, 1.54) is 0 Å². The molecule has 1 heterocycles. The SMILES string of the molecule is O=C1OCCCCCCCCOC(=O)OCCCCCO1. The van der Waals surface area contributed by atoms with Crippen molar-refractivity contribution < 1.29 is 28.5 Å². The normalized spacial score (nSPS) is 21.5. The quantitative estimate of drug-likeness (QED) is 0.633. The molecule has 0 radical (unpaired) electrons. The van der Waals surface area contributed by atoms with Crippen LogP contribution in [0.2, 0.25) is 0 Å². The smallest absolute Gasteiger partial charge is 0.434 e. The minimum atomic E-state index is -0.590. The third-order valence-electron chi connectivity index (χ3n) is 3.21. The van der Waals surface area contributed by atoms with Crippen LogP contribution in [-0.2, 0) is 18.9 Å². The molecule has 0 unspecified atom stereocenters. The maximum Gasteiger partial charge on any atom is 0.508 e. The molecule has 0 aromatic carbocycles. The van der Waals surface area contributed by atoms with Crippen molar-refractivity contribution in [2.45, 2.75) is 57.8 Å². The Morgan fingerprint density at radius 2 is 0.667 bits per heavy atom. The fraction of sp³-hybridized carbons (Fsp3) is 0.867. The van der Waals surface area contributed by atoms with Crippen molar-refractivity contribution in [2.75, 3.05) is 26.4 Å². The van der Waals surface area contributed by atoms with Crippen LogP contribution in [-0.4, -0.2) is 38.7 Å². The predicted molar refractivity (Wildman–Crippen MR) is 76.2 cm³/mol. The van der Waals surface area contributed by atoms with Gasteiger partial charge in [-0.3, -0.25) is 0 Å². The van der Waals surface area contributed by atoms with Crippen molar-refractivity contribution in [2.24, 2.45) is 0 Å². The van der Waals surface area contributed by atoms with E-state index in [1.54, 1.807) is 0 Å². The lowest BCUT2D eigenvalue weighted by Crippen LogP contribution is -2.10. The maximum absolute atomic E-state index is 11.2. The maximum atomic E-state index is 11.2. The summed E-state index contributed by atoms with van der Waals surface area (Å²) in [4.78, 5) is 22.5. The van der Waals surface area contributed by atoms with Gasteiger partial charge in [-0.1, -0.05) is 25.7 Å². The summed E-state index contributed by atoms with van der Waals surface area (Å²) in [6, 6.07) is 0. The first-order valence-corrected chi connectivity index (χ1v) is 7.88. The highest BCUT2D eigenvalue weighted by molar-refractivity contribution is 5.60. The van der Waals surface area contributed by atoms with Gasteiger partial charge in [0.05, 0.1) is 26.4 Å². The molecule has 0 amide bonds. The second kappa shape index (κ2) is 12.3. The fourth-order valence-electron chi connectivity index (χ4n) is 2.00. The van der Waals surface area contributed by atoms with Crippen molar-refractivity contribution in [1.29, 1.82) is 0 Å². The molecule has 6 heteroatoms. The van der Waals surface area contributed by atoms with E-state index in [2.05, 4.69) is 0 Å². The average molecular weight is 302 g/mol. The predicted octanol–water partition coefficient (Wildman–Crippen LogP) is 3.82. The fourth-order valence-corrected chi connectivity index (χ4v) is 2.00. The van der Waals surface area contributed by atoms with Crippen molar-refractivity contribution >= 4 is 12.3 Å². The molecule has 0 spiro atoms. The molecule has 21 heavy (non-hydrogen) atoms. The highest BCUT2D eigenvalue weighted by Gasteiger charge is 2.05. The zero-order valence-electron chi connectivity index (χ0n) is 12.6. The number of cyclic esters (lactones) is 4. The summed E-state index contributed by atoms with van der Waals surface area (Å²) >= 11 is 0. The molecule has 1 aliphatic rings. The Morgan fingerprint density at radius 3 is 1.00 bits per heavy atom. The highest BCUT2D eigenvalue weighted by atomic mass is 16.7. The zero-order valence-corrected chi connectivity index (χ0v) is 12.6. The third kappa shape index (κ3) is 10.9. The summed E-state index contributed by atoms with van der Waals surface area (Å²) in [5.41, 5.74) is 0. The van der Waals surface area contributed by atoms with Gasteiger partial charge in [0, 0.05) is 0 Å². The number of hydrogen-bond acceptors (Lipinski definition) is 6. The van der Waals surface area contributed by atoms with Gasteiger partial charge in [0.2, 0.25) is 0 Å². The highest BCUT2D eigenvalue weighted by Crippen LogP contribution is 2.07. The van der Waals surface area contributed by atoms with Gasteiger partial charge in [-0.25, -0.2) is 9.59 Å². The molecule has 0 atom stereocenters. The minimum absolute atomic E-state index is 0.337. The first kappa shape index (κ1) is 17.6. The Balaban J connectivity index is 2.19. The van der Waals surface area contributed by atoms with E-state index >= 15 is 0 Å². The van der Waals surface area contributed by atoms with Crippen LogP contribution in [0.3, 0.4) is 0 Å². The zero-order chi connectivity index (χ0) is 15.2. The molecule has 0 aromatic heterocycles. The van der Waals surface area contributed by atoms with Crippen molar-refractivity contribution in [3.8, 4) is 0 Å². The van der Waals surface area contributed by atoms with E-state index in [0.717, 1.165) is 57.8 Å². The Bertz CT molecular complexity index is 264. The van der Waals surface area contributed by atoms with Gasteiger partial charge in [-0.15, -0.1) is 0 Å². The van der Waals surface area contributed by atoms with Gasteiger partial charge >= 0.3 is 12.3 Å². The summed E-state index contributed by atoms with van der Waals surface area (Å²) in [6.07, 6.45) is 7.04. The van der Waals surface area contributed by atoms with Crippen molar-refractivity contribution in [3.05, 3.63) is 0 Å². The number of carbonyl (C=O) groups is 2. The Hall–Kier alpha value is -1.46. The molecule has 6 nitrogen and oxygen atoms in total. The topological polar surface area (TPSA) is 71.1 Å². The van der Waals surface area contributed by atoms with E-state index in [1.807, 2.05) is 0 Å². The summed E-state index contributed by atoms with van der Waals surface area (Å²) in [5.74, 6) is 0. The molecule has 0 N–H and O–H groups in total. The molecule has 0 aromatic rings. The molecule has 0 aliphatic carbocycles. The minimum Gasteiger partial charge on any atom is -0.434 e. The lowest BCUT2D eigenvalue weighted by molar-refractivity contribution is 0.0496. The van der Waals surface area contributed by atoms with E-state index in [4.69, 9.17) is 18.9 Å². The van der Waals surface area contributed by atoms with E-state index < -0.39 is 12.3 Å². The number of hydrogen-bond donors (Lipinski definition) is 0. The molecule has 1 saturated heterocycles. The van der Waals surface area contributed by atoms with Crippen LogP contribution < -0.4 is 0 Å². The van der Waals surface area contributed by atoms with Crippen LogP contribution in [0.1, 0.15) is 57.8 Å². The summed E-state index contributed by atoms with van der Waals surface area (Å²) in [7, 11) is 0. The summed E-state index contributed by atoms with van der Waals surface area (Å²) in [5, 5.41) is 0. The van der Waals surface area contributed by atoms with Crippen LogP contribution in [0.5, 0.6) is 0 Å². The molecular formula is C15H26O6. The van der Waals surface area contributed by atoms with Crippen LogP contribution in [0.25, 0.3) is 0 Å². The van der Waals surface area contributed by atoms with E-state index in [-0.39, 0.29) is 0 Å². The second-order valence-electron chi connectivity index (χ2n) is 5.08. The lowest BCUT2D eigenvalue weighted by atomic mass is 10.1. The van der Waals surface area contributed by atoms with E-state index in [0.29, 0.717) is 26.4 Å². The molecule has 1 rings (SSSR count). The Morgan fingerprint density at radius 1 is 0.429 bits per heavy atom. The lowest BCUT2D eigenvalue weighted by Gasteiger charge is -2.06. The molecule has 1 aliphatic heterocycles. The Kier molecular flexibility index (Phi) is 10.3. The first-order chi connectivity index (χ1) is 10.3. The standard InChI is InChI=1S/C15H26O6/c16-14-18-10-6-3-1-2-4-7-11-19-15(17)21-13-9-5-8-12-20-14/h1-13H2. The van der Waals surface area contributed by atoms with Crippen LogP contribution in [0, 0.1) is 0 Å². The molecule has 0 bridgehead atoms. The monoisotopic (exact) mass is 302 g/mol. The second-order valence-corrected chi connectivity index (χ2v) is 5.08. The summed E-state index contributed by atoms with van der Waals surface area (Å²) < 4.78 is 19.8. The summed E-state index contributed by atoms with van der Waals surface area (Å²) in [6.45, 7) is 1.52. The van der Waals surface area contributed by atoms with Gasteiger partial charge < -0.3 is 18.9 Å². The molecule has 122 valence electrons. The molecule has 1 fully saturated rings. The third-order valence-corrected chi connectivity index (χ3v) is 3.21. The van der Waals surface area contributed by atoms with Crippen LogP contribution >= 0.6 is 0 Å². The van der Waals surface area contributed by atoms with Gasteiger partial charge in [0.15, 0.2) is 0 Å².